The Kier molecular flexibility index (Phi) is 9.98. The van der Waals surface area contributed by atoms with Crippen LogP contribution in [0.25, 0.3) is 0 Å². The molecule has 30 heavy (non-hydrogen) atoms. The predicted molar refractivity (Wildman–Crippen MR) is 105 cm³/mol. The largest absolute Gasteiger partial charge is 0.459 e. The van der Waals surface area contributed by atoms with Gasteiger partial charge < -0.3 is 24.1 Å². The highest BCUT2D eigenvalue weighted by molar-refractivity contribution is 5.93. The number of ether oxygens (including phenoxy) is 4. The second-order valence-corrected chi connectivity index (χ2v) is 6.22. The second kappa shape index (κ2) is 12.2. The summed E-state index contributed by atoms with van der Waals surface area (Å²) >= 11 is 0. The van der Waals surface area contributed by atoms with Crippen molar-refractivity contribution in [1.29, 1.82) is 0 Å². The van der Waals surface area contributed by atoms with Crippen LogP contribution in [0.4, 0.5) is 0 Å². The van der Waals surface area contributed by atoms with Gasteiger partial charge in [-0.15, -0.1) is 0 Å². The molecule has 1 atom stereocenters. The van der Waals surface area contributed by atoms with Crippen molar-refractivity contribution >= 4 is 23.9 Å². The molecule has 0 fully saturated rings. The molecule has 0 saturated carbocycles. The maximum absolute atomic E-state index is 12.1. The SMILES string of the molecule is C=C(C)C(=O)OCCOC(=O)c1ccc(C(=O)OC(CO)COC(=O)C(=C)C)cc1. The zero-order chi connectivity index (χ0) is 22.7. The number of aliphatic hydroxyl groups excluding tert-OH is 1. The van der Waals surface area contributed by atoms with E-state index >= 15 is 0 Å². The Morgan fingerprint density at radius 3 is 1.80 bits per heavy atom. The van der Waals surface area contributed by atoms with Crippen molar-refractivity contribution in [1.82, 2.24) is 0 Å². The normalized spacial score (nSPS) is 11.0. The average Bonchev–Trinajstić information content (AvgIpc) is 2.73. The van der Waals surface area contributed by atoms with E-state index in [-0.39, 0.29) is 42.1 Å². The molecule has 0 aliphatic rings. The van der Waals surface area contributed by atoms with E-state index in [2.05, 4.69) is 13.2 Å². The maximum Gasteiger partial charge on any atom is 0.338 e. The van der Waals surface area contributed by atoms with Crippen molar-refractivity contribution in [2.24, 2.45) is 0 Å². The molecule has 0 aromatic heterocycles. The first-order chi connectivity index (χ1) is 14.1. The Hall–Kier alpha value is -3.46. The predicted octanol–water partition coefficient (Wildman–Crippen LogP) is 1.60. The quantitative estimate of drug-likeness (QED) is 0.246. The molecule has 0 bridgehead atoms. The lowest BCUT2D eigenvalue weighted by atomic mass is 10.1. The minimum Gasteiger partial charge on any atom is -0.459 e. The van der Waals surface area contributed by atoms with Crippen molar-refractivity contribution in [3.8, 4) is 0 Å². The van der Waals surface area contributed by atoms with Gasteiger partial charge in [-0.1, -0.05) is 13.2 Å². The summed E-state index contributed by atoms with van der Waals surface area (Å²) in [6, 6.07) is 5.39. The van der Waals surface area contributed by atoms with E-state index in [4.69, 9.17) is 18.9 Å². The lowest BCUT2D eigenvalue weighted by Crippen LogP contribution is -2.28. The van der Waals surface area contributed by atoms with Gasteiger partial charge in [-0.3, -0.25) is 0 Å². The Morgan fingerprint density at radius 2 is 1.30 bits per heavy atom. The molecule has 0 aliphatic heterocycles. The number of hydrogen-bond donors (Lipinski definition) is 1. The number of esters is 4. The van der Waals surface area contributed by atoms with Gasteiger partial charge in [0.15, 0.2) is 6.10 Å². The minimum absolute atomic E-state index is 0.111. The number of rotatable bonds is 11. The third kappa shape index (κ3) is 8.27. The van der Waals surface area contributed by atoms with Gasteiger partial charge in [-0.25, -0.2) is 19.2 Å². The molecule has 0 heterocycles. The van der Waals surface area contributed by atoms with Crippen LogP contribution in [-0.2, 0) is 28.5 Å². The van der Waals surface area contributed by atoms with Crippen LogP contribution >= 0.6 is 0 Å². The van der Waals surface area contributed by atoms with Crippen molar-refractivity contribution in [3.63, 3.8) is 0 Å². The smallest absolute Gasteiger partial charge is 0.338 e. The summed E-state index contributed by atoms with van der Waals surface area (Å²) < 4.78 is 19.7. The molecule has 1 rings (SSSR count). The monoisotopic (exact) mass is 420 g/mol. The van der Waals surface area contributed by atoms with E-state index in [1.165, 1.54) is 38.1 Å². The van der Waals surface area contributed by atoms with Crippen LogP contribution in [0, 0.1) is 0 Å². The number of hydrogen-bond acceptors (Lipinski definition) is 9. The topological polar surface area (TPSA) is 125 Å². The molecule has 1 unspecified atom stereocenters. The lowest BCUT2D eigenvalue weighted by molar-refractivity contribution is -0.143. The molecule has 0 radical (unpaired) electrons. The number of aliphatic hydroxyl groups is 1. The van der Waals surface area contributed by atoms with Crippen molar-refractivity contribution in [3.05, 3.63) is 59.7 Å². The highest BCUT2D eigenvalue weighted by Gasteiger charge is 2.18. The van der Waals surface area contributed by atoms with Crippen LogP contribution in [0.5, 0.6) is 0 Å². The summed E-state index contributed by atoms with van der Waals surface area (Å²) in [6.45, 7) is 8.69. The van der Waals surface area contributed by atoms with Crippen LogP contribution < -0.4 is 0 Å². The molecular weight excluding hydrogens is 396 g/mol. The molecule has 0 aliphatic carbocycles. The summed E-state index contributed by atoms with van der Waals surface area (Å²) in [5.41, 5.74) is 0.703. The molecular formula is C21H24O9. The number of carbonyl (C=O) groups is 4. The van der Waals surface area contributed by atoms with E-state index in [0.29, 0.717) is 0 Å². The van der Waals surface area contributed by atoms with Gasteiger partial charge in [0.2, 0.25) is 0 Å². The fourth-order valence-electron chi connectivity index (χ4n) is 1.85. The van der Waals surface area contributed by atoms with Crippen molar-refractivity contribution < 1.29 is 43.2 Å². The fourth-order valence-corrected chi connectivity index (χ4v) is 1.85. The molecule has 1 aromatic carbocycles. The highest BCUT2D eigenvalue weighted by Crippen LogP contribution is 2.09. The Balaban J connectivity index is 2.53. The second-order valence-electron chi connectivity index (χ2n) is 6.22. The van der Waals surface area contributed by atoms with E-state index < -0.39 is 36.6 Å². The summed E-state index contributed by atoms with van der Waals surface area (Å²) in [6.07, 6.45) is -1.05. The highest BCUT2D eigenvalue weighted by atomic mass is 16.6. The minimum atomic E-state index is -1.05. The molecule has 9 heteroatoms. The van der Waals surface area contributed by atoms with Crippen molar-refractivity contribution in [2.75, 3.05) is 26.4 Å². The average molecular weight is 420 g/mol. The molecule has 9 nitrogen and oxygen atoms in total. The Bertz CT molecular complexity index is 808. The first-order valence-electron chi connectivity index (χ1n) is 8.90. The molecule has 1 aromatic rings. The first kappa shape index (κ1) is 24.6. The molecule has 0 saturated heterocycles. The molecule has 0 amide bonds. The fraction of sp³-hybridized carbons (Fsp3) is 0.333. The molecule has 1 N–H and O–H groups in total. The van der Waals surface area contributed by atoms with E-state index in [0.717, 1.165) is 0 Å². The molecule has 162 valence electrons. The summed E-state index contributed by atoms with van der Waals surface area (Å²) in [4.78, 5) is 46.7. The van der Waals surface area contributed by atoms with E-state index in [1.54, 1.807) is 0 Å². The summed E-state index contributed by atoms with van der Waals surface area (Å²) in [7, 11) is 0. The summed E-state index contributed by atoms with van der Waals surface area (Å²) in [5, 5.41) is 9.27. The third-order valence-electron chi connectivity index (χ3n) is 3.48. The zero-order valence-corrected chi connectivity index (χ0v) is 16.8. The van der Waals surface area contributed by atoms with Crippen LogP contribution in [0.15, 0.2) is 48.6 Å². The van der Waals surface area contributed by atoms with Gasteiger partial charge in [0.25, 0.3) is 0 Å². The zero-order valence-electron chi connectivity index (χ0n) is 16.8. The standard InChI is InChI=1S/C21H24O9/c1-13(2)18(23)27-9-10-28-20(25)15-5-7-16(8-6-15)21(26)30-17(11-22)12-29-19(24)14(3)4/h5-8,17,22H,1,3,9-12H2,2,4H3. The maximum atomic E-state index is 12.1. The number of benzene rings is 1. The van der Waals surface area contributed by atoms with Gasteiger partial charge in [0.1, 0.15) is 19.8 Å². The Morgan fingerprint density at radius 1 is 0.833 bits per heavy atom. The van der Waals surface area contributed by atoms with Crippen LogP contribution in [0.3, 0.4) is 0 Å². The van der Waals surface area contributed by atoms with Crippen LogP contribution in [0.1, 0.15) is 34.6 Å². The Labute approximate surface area is 173 Å². The van der Waals surface area contributed by atoms with Gasteiger partial charge in [0.05, 0.1) is 17.7 Å². The van der Waals surface area contributed by atoms with Gasteiger partial charge in [-0.2, -0.15) is 0 Å². The van der Waals surface area contributed by atoms with Crippen LogP contribution in [0.2, 0.25) is 0 Å². The third-order valence-corrected chi connectivity index (χ3v) is 3.48. The van der Waals surface area contributed by atoms with E-state index in [9.17, 15) is 24.3 Å². The molecule has 0 spiro atoms. The van der Waals surface area contributed by atoms with Gasteiger partial charge in [0, 0.05) is 11.1 Å². The van der Waals surface area contributed by atoms with Crippen molar-refractivity contribution in [2.45, 2.75) is 20.0 Å². The number of carbonyl (C=O) groups excluding carboxylic acids is 4. The summed E-state index contributed by atoms with van der Waals surface area (Å²) in [5.74, 6) is -2.68. The lowest BCUT2D eigenvalue weighted by Gasteiger charge is -2.15. The van der Waals surface area contributed by atoms with Gasteiger partial charge >= 0.3 is 23.9 Å². The van der Waals surface area contributed by atoms with Gasteiger partial charge in [-0.05, 0) is 38.1 Å². The van der Waals surface area contributed by atoms with Crippen LogP contribution in [-0.4, -0.2) is 61.5 Å². The first-order valence-corrected chi connectivity index (χ1v) is 8.90. The van der Waals surface area contributed by atoms with E-state index in [1.807, 2.05) is 0 Å².